The fourth-order valence-corrected chi connectivity index (χ4v) is 9.69. The van der Waals surface area contributed by atoms with E-state index in [1.54, 1.807) is 59.1 Å². The highest BCUT2D eigenvalue weighted by molar-refractivity contribution is 7.91. The van der Waals surface area contributed by atoms with E-state index in [0.29, 0.717) is 53.5 Å². The minimum atomic E-state index is -4.04. The Bertz CT molecular complexity index is 2360. The molecule has 3 fully saturated rings. The predicted molar refractivity (Wildman–Crippen MR) is 233 cm³/mol. The first-order valence-electron chi connectivity index (χ1n) is 21.0. The Morgan fingerprint density at radius 3 is 2.44 bits per heavy atom. The zero-order chi connectivity index (χ0) is 44.1. The summed E-state index contributed by atoms with van der Waals surface area (Å²) in [4.78, 5) is 63.3. The number of pyridine rings is 1. The van der Waals surface area contributed by atoms with Gasteiger partial charge in [-0.15, -0.1) is 0 Å². The molecule has 1 aromatic heterocycles. The van der Waals surface area contributed by atoms with Crippen molar-refractivity contribution in [2.45, 2.75) is 121 Å². The first-order valence-corrected chi connectivity index (χ1v) is 22.5. The van der Waals surface area contributed by atoms with Crippen LogP contribution in [0.15, 0.2) is 60.7 Å². The molecule has 0 radical (unpaired) electrons. The van der Waals surface area contributed by atoms with Crippen LogP contribution in [0.2, 0.25) is 0 Å². The van der Waals surface area contributed by atoms with Crippen LogP contribution in [0.4, 0.5) is 9.18 Å². The van der Waals surface area contributed by atoms with E-state index >= 15 is 0 Å². The summed E-state index contributed by atoms with van der Waals surface area (Å²) in [6.07, 6.45) is 5.12. The van der Waals surface area contributed by atoms with Crippen LogP contribution in [-0.2, 0) is 29.1 Å². The number of alkyl carbamates (subject to hydrolysis) is 1. The number of carbonyl (C=O) groups is 4. The number of aromatic nitrogens is 1. The van der Waals surface area contributed by atoms with Crippen molar-refractivity contribution in [2.24, 2.45) is 17.8 Å². The average Bonchev–Trinajstić information content (AvgIpc) is 4.07. The van der Waals surface area contributed by atoms with Gasteiger partial charge in [-0.3, -0.25) is 19.1 Å². The predicted octanol–water partition coefficient (Wildman–Crippen LogP) is 6.91. The number of methoxy groups -OCH3 is 1. The van der Waals surface area contributed by atoms with Gasteiger partial charge in [-0.25, -0.2) is 22.6 Å². The number of nitrogens with zero attached hydrogens (tertiary/aromatic N) is 2. The molecule has 61 heavy (non-hydrogen) atoms. The molecule has 334 valence electrons. The van der Waals surface area contributed by atoms with Crippen LogP contribution in [-0.4, -0.2) is 89.8 Å². The molecule has 3 heterocycles. The first-order chi connectivity index (χ1) is 28.7. The highest BCUT2D eigenvalue weighted by Crippen LogP contribution is 2.48. The zero-order valence-corrected chi connectivity index (χ0v) is 36.6. The second-order valence-corrected chi connectivity index (χ2v) is 20.7. The lowest BCUT2D eigenvalue weighted by atomic mass is 9.88. The Kier molecular flexibility index (Phi) is 11.9. The van der Waals surface area contributed by atoms with E-state index in [4.69, 9.17) is 19.2 Å². The van der Waals surface area contributed by atoms with Crippen molar-refractivity contribution < 1.29 is 50.5 Å². The maximum absolute atomic E-state index is 15.0. The topological polar surface area (TPSA) is 182 Å². The summed E-state index contributed by atoms with van der Waals surface area (Å²) in [6, 6.07) is 10.8. The van der Waals surface area contributed by atoms with Gasteiger partial charge >= 0.3 is 6.09 Å². The third kappa shape index (κ3) is 9.48. The lowest BCUT2D eigenvalue weighted by Crippen LogP contribution is -2.59. The van der Waals surface area contributed by atoms with Crippen LogP contribution in [0.3, 0.4) is 0 Å². The molecule has 0 bridgehead atoms. The van der Waals surface area contributed by atoms with Crippen molar-refractivity contribution >= 4 is 44.6 Å². The smallest absolute Gasteiger partial charge is 0.408 e. The average molecular weight is 868 g/mol. The van der Waals surface area contributed by atoms with Crippen LogP contribution >= 0.6 is 0 Å². The van der Waals surface area contributed by atoms with Gasteiger partial charge in [0.25, 0.3) is 5.91 Å². The van der Waals surface area contributed by atoms with Crippen LogP contribution in [0.5, 0.6) is 11.6 Å². The molecule has 7 atom stereocenters. The summed E-state index contributed by atoms with van der Waals surface area (Å²) in [7, 11) is -2.49. The van der Waals surface area contributed by atoms with E-state index < -0.39 is 79.6 Å². The van der Waals surface area contributed by atoms with E-state index in [1.165, 1.54) is 17.0 Å². The highest BCUT2D eigenvalue weighted by Gasteiger charge is 2.63. The molecule has 14 nitrogen and oxygen atoms in total. The molecule has 2 aliphatic carbocycles. The summed E-state index contributed by atoms with van der Waals surface area (Å²) < 4.78 is 59.4. The first kappa shape index (κ1) is 43.8. The second kappa shape index (κ2) is 16.6. The van der Waals surface area contributed by atoms with Gasteiger partial charge in [0.1, 0.15) is 40.9 Å². The van der Waals surface area contributed by atoms with Crippen molar-refractivity contribution in [3.8, 4) is 22.9 Å². The number of amides is 4. The Balaban J connectivity index is 0.00000299. The van der Waals surface area contributed by atoms with Gasteiger partial charge < -0.3 is 29.7 Å². The lowest BCUT2D eigenvalue weighted by Gasteiger charge is -2.33. The monoisotopic (exact) mass is 867 g/mol. The third-order valence-electron chi connectivity index (χ3n) is 12.3. The summed E-state index contributed by atoms with van der Waals surface area (Å²) in [6.45, 7) is 10.6. The summed E-state index contributed by atoms with van der Waals surface area (Å²) in [5.41, 5.74) is -1.32. The van der Waals surface area contributed by atoms with E-state index in [0.717, 1.165) is 6.42 Å². The maximum Gasteiger partial charge on any atom is 0.408 e. The molecule has 4 aliphatic rings. The van der Waals surface area contributed by atoms with Crippen molar-refractivity contribution in [1.82, 2.24) is 25.2 Å². The van der Waals surface area contributed by atoms with Crippen molar-refractivity contribution in [3.63, 3.8) is 0 Å². The minimum Gasteiger partial charge on any atom is -0.497 e. The number of rotatable bonds is 8. The molecule has 2 aromatic carbocycles. The van der Waals surface area contributed by atoms with Crippen molar-refractivity contribution in [1.29, 1.82) is 0 Å². The highest BCUT2D eigenvalue weighted by atomic mass is 32.2. The van der Waals surface area contributed by atoms with Crippen LogP contribution in [0, 0.1) is 23.6 Å². The quantitative estimate of drug-likeness (QED) is 0.201. The number of allylic oxidation sites excluding steroid dienone is 1. The number of halogens is 1. The summed E-state index contributed by atoms with van der Waals surface area (Å²) in [5.74, 6) is -2.42. The number of nitrogens with one attached hydrogen (secondary N) is 3. The summed E-state index contributed by atoms with van der Waals surface area (Å²) in [5, 5.41) is 7.05. The molecule has 7 rings (SSSR count). The van der Waals surface area contributed by atoms with Gasteiger partial charge in [0.15, 0.2) is 0 Å². The zero-order valence-electron chi connectivity index (χ0n) is 35.7. The second-order valence-electron chi connectivity index (χ2n) is 18.5. The SMILES string of the molecule is COc1ccc2c(O[C@@H]3C[C@H]4C(=O)N[C@]5(C(=O)NS(=O)(=O)C6(C)CC6)C[C@H]5/C=C\CC[C@H](C)C[C@@H](C)C(NC(=O)OC(C)(C)C)C(=O)N4C3)nc(-c3ccc(F)cc3)cc2c1.[HH].[HH].[HH]. The molecule has 16 heteroatoms. The number of benzene rings is 2. The van der Waals surface area contributed by atoms with Crippen molar-refractivity contribution in [3.05, 3.63) is 66.5 Å². The Morgan fingerprint density at radius 2 is 1.77 bits per heavy atom. The Morgan fingerprint density at radius 1 is 1.05 bits per heavy atom. The van der Waals surface area contributed by atoms with Crippen LogP contribution in [0.25, 0.3) is 22.0 Å². The summed E-state index contributed by atoms with van der Waals surface area (Å²) >= 11 is 0. The van der Waals surface area contributed by atoms with Gasteiger partial charge in [-0.05, 0) is 132 Å². The van der Waals surface area contributed by atoms with E-state index in [9.17, 15) is 32.0 Å². The fraction of sp³-hybridized carbons (Fsp3) is 0.533. The molecule has 1 unspecified atom stereocenters. The molecule has 1 saturated heterocycles. The standard InChI is InChI=1S/C45H56FN5O9S.3H2/c1-26-10-8-9-11-30-24-45(30,41(54)50-61(56,57)44(6)18-19-44)49-38(52)36-23-33(25-51(36)40(53)37(27(2)20-26)48-42(55)60-43(3,4)5)59-39-34-17-16-32(58-7)21-29(34)22-35(47-39)28-12-14-31(46)15-13-28;;;/h9,11-17,21-22,26-27,30,33,36-37H,8,10,18-20,23-25H2,1-7H3,(H,48,55)(H,49,52)(H,50,54);3*1H/b11-9-;;;/t26-,27+,30+,33+,36-,37?,45+;;;/m0.../s1. The Hall–Kier alpha value is -5.25. The lowest BCUT2D eigenvalue weighted by molar-refractivity contribution is -0.142. The molecule has 0 spiro atoms. The largest absolute Gasteiger partial charge is 0.497 e. The number of fused-ring (bicyclic) bond motifs is 3. The molecule has 3 aromatic rings. The van der Waals surface area contributed by atoms with Gasteiger partial charge in [-0.1, -0.05) is 26.0 Å². The van der Waals surface area contributed by atoms with Crippen molar-refractivity contribution in [2.75, 3.05) is 13.7 Å². The molecule has 2 aliphatic heterocycles. The molecule has 2 saturated carbocycles. The van der Waals surface area contributed by atoms with Gasteiger partial charge in [0.05, 0.1) is 24.1 Å². The molecular formula is C45H62FN5O9S. The molecular weight excluding hydrogens is 806 g/mol. The number of hydrogen-bond acceptors (Lipinski definition) is 10. The fourth-order valence-electron chi connectivity index (χ4n) is 8.38. The van der Waals surface area contributed by atoms with E-state index in [2.05, 4.69) is 22.3 Å². The Labute approximate surface area is 360 Å². The van der Waals surface area contributed by atoms with Gasteiger partial charge in [-0.2, -0.15) is 0 Å². The number of ether oxygens (including phenoxy) is 3. The van der Waals surface area contributed by atoms with E-state index in [1.807, 2.05) is 31.2 Å². The van der Waals surface area contributed by atoms with E-state index in [-0.39, 0.29) is 41.4 Å². The third-order valence-corrected chi connectivity index (χ3v) is 14.5. The van der Waals surface area contributed by atoms with Gasteiger partial charge in [0, 0.05) is 27.6 Å². The minimum absolute atomic E-state index is 0. The number of sulfonamides is 1. The van der Waals surface area contributed by atoms with Crippen LogP contribution < -0.4 is 24.8 Å². The van der Waals surface area contributed by atoms with Crippen LogP contribution in [0.1, 0.15) is 90.8 Å². The van der Waals surface area contributed by atoms with Gasteiger partial charge in [0.2, 0.25) is 27.7 Å². The number of carbonyl (C=O) groups excluding carboxylic acids is 4. The molecule has 4 amide bonds. The maximum atomic E-state index is 15.0. The number of hydrogen-bond donors (Lipinski definition) is 3. The molecule has 3 N–H and O–H groups in total. The normalized spacial score (nSPS) is 28.2.